The van der Waals surface area contributed by atoms with Crippen molar-refractivity contribution >= 4 is 0 Å². The Kier molecular flexibility index (Phi) is 19.3. The van der Waals surface area contributed by atoms with Crippen molar-refractivity contribution < 1.29 is 139 Å². The molecular formula is C56H92O28. The van der Waals surface area contributed by atoms with E-state index < -0.39 is 198 Å². The molecule has 7 aliphatic heterocycles. The van der Waals surface area contributed by atoms with Crippen molar-refractivity contribution in [3.05, 3.63) is 0 Å². The highest BCUT2D eigenvalue weighted by atomic mass is 16.8. The molecule has 7 heterocycles. The zero-order valence-electron chi connectivity index (χ0n) is 47.8. The lowest BCUT2D eigenvalue weighted by molar-refractivity contribution is -0.404. The Balaban J connectivity index is 0.747. The molecule has 0 aromatic carbocycles. The van der Waals surface area contributed by atoms with Crippen LogP contribution in [0.15, 0.2) is 0 Å². The van der Waals surface area contributed by atoms with Gasteiger partial charge in [0.15, 0.2) is 37.2 Å². The first-order valence-corrected chi connectivity index (χ1v) is 30.4. The number of ether oxygens (including phenoxy) is 12. The van der Waals surface area contributed by atoms with Crippen LogP contribution in [0, 0.1) is 52.3 Å². The third kappa shape index (κ3) is 11.1. The molecule has 4 saturated carbocycles. The normalized spacial score (nSPS) is 57.7. The van der Waals surface area contributed by atoms with Gasteiger partial charge in [-0.1, -0.05) is 27.7 Å². The summed E-state index contributed by atoms with van der Waals surface area (Å²) in [7, 11) is 0. The lowest BCUT2D eigenvalue weighted by Gasteiger charge is -2.61. The van der Waals surface area contributed by atoms with Gasteiger partial charge in [-0.2, -0.15) is 0 Å². The highest BCUT2D eigenvalue weighted by Crippen LogP contribution is 2.72. The number of aliphatic hydroxyl groups is 16. The van der Waals surface area contributed by atoms with Crippen LogP contribution in [0.5, 0.6) is 0 Å². The third-order valence-corrected chi connectivity index (χ3v) is 22.1. The second kappa shape index (κ2) is 25.2. The maximum atomic E-state index is 11.9. The largest absolute Gasteiger partial charge is 0.394 e. The van der Waals surface area contributed by atoms with E-state index in [4.69, 9.17) is 56.8 Å². The quantitative estimate of drug-likeness (QED) is 0.0722. The minimum Gasteiger partial charge on any atom is -0.394 e. The molecule has 28 nitrogen and oxygen atoms in total. The van der Waals surface area contributed by atoms with E-state index in [9.17, 15) is 81.7 Å². The Morgan fingerprint density at radius 1 is 0.452 bits per heavy atom. The van der Waals surface area contributed by atoms with Crippen molar-refractivity contribution in [1.82, 2.24) is 0 Å². The third-order valence-electron chi connectivity index (χ3n) is 22.1. The van der Waals surface area contributed by atoms with Gasteiger partial charge >= 0.3 is 0 Å². The van der Waals surface area contributed by atoms with Crippen LogP contribution in [0.3, 0.4) is 0 Å². The van der Waals surface area contributed by atoms with Gasteiger partial charge in [0.25, 0.3) is 0 Å². The van der Waals surface area contributed by atoms with Gasteiger partial charge in [-0.3, -0.25) is 0 Å². The first-order valence-electron chi connectivity index (χ1n) is 30.4. The maximum Gasteiger partial charge on any atom is 0.198 e. The van der Waals surface area contributed by atoms with Gasteiger partial charge in [-0.25, -0.2) is 0 Å². The van der Waals surface area contributed by atoms with Crippen LogP contribution in [-0.4, -0.2) is 293 Å². The van der Waals surface area contributed by atoms with Gasteiger partial charge in [-0.15, -0.1) is 0 Å². The molecule has 0 bridgehead atoms. The summed E-state index contributed by atoms with van der Waals surface area (Å²) in [6.45, 7) is 5.80. The Morgan fingerprint density at radius 3 is 1.65 bits per heavy atom. The second-order valence-electron chi connectivity index (χ2n) is 26.8. The Morgan fingerprint density at radius 2 is 1.00 bits per heavy atom. The smallest absolute Gasteiger partial charge is 0.198 e. The van der Waals surface area contributed by atoms with Crippen LogP contribution >= 0.6 is 0 Å². The molecule has 11 rings (SSSR count). The highest BCUT2D eigenvalue weighted by molar-refractivity contribution is 5.17. The molecule has 0 radical (unpaired) electrons. The van der Waals surface area contributed by atoms with E-state index in [1.165, 1.54) is 0 Å². The van der Waals surface area contributed by atoms with Crippen LogP contribution in [0.1, 0.15) is 85.5 Å². The minimum atomic E-state index is -2.03. The summed E-state index contributed by atoms with van der Waals surface area (Å²) in [5.74, 6) is 0.438. The lowest BCUT2D eigenvalue weighted by Crippen LogP contribution is -2.68. The molecule has 1 spiro atoms. The van der Waals surface area contributed by atoms with E-state index in [0.29, 0.717) is 43.6 Å². The molecular weight excluding hydrogens is 1120 g/mol. The molecule has 0 amide bonds. The molecule has 84 heavy (non-hydrogen) atoms. The van der Waals surface area contributed by atoms with Crippen LogP contribution < -0.4 is 0 Å². The zero-order chi connectivity index (χ0) is 60.2. The number of rotatable bonds is 14. The molecule has 28 heteroatoms. The van der Waals surface area contributed by atoms with E-state index in [2.05, 4.69) is 20.8 Å². The predicted octanol–water partition coefficient (Wildman–Crippen LogP) is -5.48. The topological polar surface area (TPSA) is 434 Å². The fourth-order valence-corrected chi connectivity index (χ4v) is 17.5. The molecule has 484 valence electrons. The first kappa shape index (κ1) is 64.4. The van der Waals surface area contributed by atoms with Gasteiger partial charge in [-0.05, 0) is 104 Å². The van der Waals surface area contributed by atoms with Gasteiger partial charge in [0.1, 0.15) is 122 Å². The molecule has 0 aromatic heterocycles. The molecule has 11 aliphatic rings. The van der Waals surface area contributed by atoms with E-state index in [1.807, 2.05) is 6.92 Å². The number of aliphatic hydroxyl groups excluding tert-OH is 16. The van der Waals surface area contributed by atoms with Crippen LogP contribution in [0.2, 0.25) is 0 Å². The average molecular weight is 1210 g/mol. The van der Waals surface area contributed by atoms with Crippen molar-refractivity contribution in [3.63, 3.8) is 0 Å². The Bertz CT molecular complexity index is 2190. The van der Waals surface area contributed by atoms with Crippen molar-refractivity contribution in [2.45, 2.75) is 257 Å². The number of hydrogen-bond donors (Lipinski definition) is 16. The van der Waals surface area contributed by atoms with Crippen molar-refractivity contribution in [2.24, 2.45) is 52.3 Å². The minimum absolute atomic E-state index is 0.0430. The number of hydrogen-bond acceptors (Lipinski definition) is 28. The maximum absolute atomic E-state index is 11.9. The van der Waals surface area contributed by atoms with Crippen molar-refractivity contribution in [1.29, 1.82) is 0 Å². The predicted molar refractivity (Wildman–Crippen MR) is 276 cm³/mol. The van der Waals surface area contributed by atoms with E-state index >= 15 is 0 Å². The summed E-state index contributed by atoms with van der Waals surface area (Å²) < 4.78 is 74.2. The lowest BCUT2D eigenvalue weighted by atomic mass is 9.44. The van der Waals surface area contributed by atoms with Crippen LogP contribution in [0.4, 0.5) is 0 Å². The SMILES string of the molecule is C[C@H]1CO[C@@]2(O[C@H]3C[C@H]4[C@@H]5CC[C@H]6C[C@@H](O[C@@H]7O[C@H](CO)[C@H](O[C@@H]8O[C@H](CO)[C@@H](O)[C@H](O[C@@H]9OC[C@@H](O)[C@H](O)[C@H]9O)[C@H]8O[C@@H]8O[C@H](CO)[C@H](O)[C@H](O)[C@H]8O)[C@H](O)[C@H]7O)CC[C@]6(C)[C@H]5CC[C@]4(C)[C@H]3[C@@H]2C)[C@@H](O[C@@H]2O[C@H](CO)[C@@H](O)[C@H](O)[C@H]2O)C1. The summed E-state index contributed by atoms with van der Waals surface area (Å²) in [5, 5.41) is 172. The van der Waals surface area contributed by atoms with Gasteiger partial charge in [0.2, 0.25) is 0 Å². The Hall–Kier alpha value is -1.12. The van der Waals surface area contributed by atoms with Crippen molar-refractivity contribution in [2.75, 3.05) is 39.6 Å². The monoisotopic (exact) mass is 1210 g/mol. The first-order chi connectivity index (χ1) is 39.9. The Labute approximate surface area is 486 Å². The van der Waals surface area contributed by atoms with Gasteiger partial charge in [0.05, 0.1) is 51.8 Å². The standard InChI is InChI=1S/C56H92O28/c1-20-11-33(80-51-43(70)39(66)36(63)29(14-57)76-51)56(74-18-20)21(2)34-28(84-56)13-26-24-6-5-22-12-23(7-9-54(22,3)25(24)8-10-55(26,34)4)75-50-45(72)41(68)46(32(17-60)79-50)81-53-48(83-52-44(71)40(67)37(64)30(15-58)77-52)47(38(65)31(16-59)78-53)82-49-42(69)35(62)27(61)19-73-49/h20-53,57-72H,5-19H2,1-4H3/t20-,21+,22+,23+,24-,25+,26+,27-,28+,29-,30-,31-,32-,33+,34+,35+,36-,37+,38-,39+,40+,41-,42-,43-,44-,45-,46+,47+,48-,49+,50-,51+,52+,53+,54+,55+,56+/m1/s1. The summed E-state index contributed by atoms with van der Waals surface area (Å²) in [5.41, 5.74) is -0.126. The molecule has 16 N–H and O–H groups in total. The fraction of sp³-hybridized carbons (Fsp3) is 1.00. The molecule has 11 fully saturated rings. The zero-order valence-corrected chi connectivity index (χ0v) is 47.8. The molecule has 0 aromatic rings. The molecule has 4 aliphatic carbocycles. The van der Waals surface area contributed by atoms with E-state index in [0.717, 1.165) is 38.5 Å². The fourth-order valence-electron chi connectivity index (χ4n) is 17.5. The average Bonchev–Trinajstić information content (AvgIpc) is 2.03. The highest BCUT2D eigenvalue weighted by Gasteiger charge is 2.72. The summed E-state index contributed by atoms with van der Waals surface area (Å²) in [6.07, 6.45) is -34.5. The van der Waals surface area contributed by atoms with E-state index in [1.54, 1.807) is 0 Å². The number of fused-ring (bicyclic) bond motifs is 7. The van der Waals surface area contributed by atoms with Crippen LogP contribution in [-0.2, 0) is 56.8 Å². The van der Waals surface area contributed by atoms with Crippen LogP contribution in [0.25, 0.3) is 0 Å². The summed E-state index contributed by atoms with van der Waals surface area (Å²) >= 11 is 0. The van der Waals surface area contributed by atoms with Gasteiger partial charge < -0.3 is 139 Å². The second-order valence-corrected chi connectivity index (χ2v) is 26.8. The van der Waals surface area contributed by atoms with E-state index in [-0.39, 0.29) is 40.6 Å². The molecule has 0 unspecified atom stereocenters. The summed E-state index contributed by atoms with van der Waals surface area (Å²) in [6, 6.07) is 0. The van der Waals surface area contributed by atoms with Crippen molar-refractivity contribution in [3.8, 4) is 0 Å². The molecule has 37 atom stereocenters. The molecule has 7 saturated heterocycles. The van der Waals surface area contributed by atoms with Gasteiger partial charge in [0, 0.05) is 5.92 Å². The summed E-state index contributed by atoms with van der Waals surface area (Å²) in [4.78, 5) is 0.